The molecule has 0 spiro atoms. The highest BCUT2D eigenvalue weighted by atomic mass is 19.4. The fourth-order valence-electron chi connectivity index (χ4n) is 2.72. The average Bonchev–Trinajstić information content (AvgIpc) is 2.55. The van der Waals surface area contributed by atoms with Gasteiger partial charge in [-0.05, 0) is 37.8 Å². The van der Waals surface area contributed by atoms with E-state index in [9.17, 15) is 13.2 Å². The summed E-state index contributed by atoms with van der Waals surface area (Å²) in [5.74, 6) is 0.835. The van der Waals surface area contributed by atoms with Gasteiger partial charge in [0.25, 0.3) is 0 Å². The van der Waals surface area contributed by atoms with Crippen LogP contribution in [0.1, 0.15) is 35.4 Å². The zero-order chi connectivity index (χ0) is 16.3. The van der Waals surface area contributed by atoms with E-state index in [-0.39, 0.29) is 0 Å². The summed E-state index contributed by atoms with van der Waals surface area (Å²) in [5, 5.41) is 3.25. The number of aryl methyl sites for hydroxylation is 1. The van der Waals surface area contributed by atoms with Crippen molar-refractivity contribution in [2.45, 2.75) is 38.3 Å². The molecule has 0 unspecified atom stereocenters. The molecule has 0 fully saturated rings. The average molecular weight is 322 g/mol. The molecule has 2 aromatic rings. The van der Waals surface area contributed by atoms with E-state index < -0.39 is 11.7 Å². The molecule has 1 aliphatic carbocycles. The van der Waals surface area contributed by atoms with E-state index in [1.54, 1.807) is 6.33 Å². The van der Waals surface area contributed by atoms with Crippen LogP contribution in [0.5, 0.6) is 0 Å². The number of halogens is 3. The van der Waals surface area contributed by atoms with E-state index in [1.807, 2.05) is 0 Å². The first-order valence-corrected chi connectivity index (χ1v) is 7.63. The van der Waals surface area contributed by atoms with E-state index >= 15 is 0 Å². The molecule has 122 valence electrons. The normalized spacial score (nSPS) is 14.4. The highest BCUT2D eigenvalue weighted by molar-refractivity contribution is 5.47. The summed E-state index contributed by atoms with van der Waals surface area (Å²) < 4.78 is 37.5. The zero-order valence-corrected chi connectivity index (χ0v) is 12.5. The molecular weight excluding hydrogens is 305 g/mol. The Kier molecular flexibility index (Phi) is 4.45. The number of aromatic nitrogens is 3. The van der Waals surface area contributed by atoms with Crippen molar-refractivity contribution in [1.82, 2.24) is 15.0 Å². The Balaban J connectivity index is 1.60. The predicted molar refractivity (Wildman–Crippen MR) is 80.1 cm³/mol. The smallest absolute Gasteiger partial charge is 0.369 e. The molecule has 0 amide bonds. The van der Waals surface area contributed by atoms with Crippen molar-refractivity contribution in [2.75, 3.05) is 11.9 Å². The summed E-state index contributed by atoms with van der Waals surface area (Å²) in [7, 11) is 0. The van der Waals surface area contributed by atoms with Crippen molar-refractivity contribution < 1.29 is 13.2 Å². The number of hydrogen-bond donors (Lipinski definition) is 1. The number of rotatable bonds is 4. The minimum Gasteiger partial charge on any atom is -0.369 e. The highest BCUT2D eigenvalue weighted by Gasteiger charge is 2.30. The minimum atomic E-state index is -4.34. The Hall–Kier alpha value is -2.18. The van der Waals surface area contributed by atoms with E-state index in [2.05, 4.69) is 20.3 Å². The largest absolute Gasteiger partial charge is 0.417 e. The number of nitrogens with one attached hydrogen (secondary N) is 1. The molecular formula is C16H17F3N4. The topological polar surface area (TPSA) is 50.7 Å². The second-order valence-electron chi connectivity index (χ2n) is 5.57. The van der Waals surface area contributed by atoms with Gasteiger partial charge >= 0.3 is 6.18 Å². The van der Waals surface area contributed by atoms with Gasteiger partial charge in [-0.1, -0.05) is 0 Å². The van der Waals surface area contributed by atoms with Crippen LogP contribution in [0, 0.1) is 0 Å². The fourth-order valence-corrected chi connectivity index (χ4v) is 2.72. The van der Waals surface area contributed by atoms with Crippen molar-refractivity contribution in [1.29, 1.82) is 0 Å². The van der Waals surface area contributed by atoms with Gasteiger partial charge in [0.2, 0.25) is 0 Å². The summed E-state index contributed by atoms with van der Waals surface area (Å²) >= 11 is 0. The molecule has 23 heavy (non-hydrogen) atoms. The second kappa shape index (κ2) is 6.52. The third-order valence-electron chi connectivity index (χ3n) is 3.95. The maximum absolute atomic E-state index is 12.5. The monoisotopic (exact) mass is 322 g/mol. The Labute approximate surface area is 132 Å². The third-order valence-corrected chi connectivity index (χ3v) is 3.95. The van der Waals surface area contributed by atoms with Crippen LogP contribution in [0.3, 0.4) is 0 Å². The molecule has 0 bridgehead atoms. The molecule has 2 heterocycles. The molecule has 1 N–H and O–H groups in total. The molecule has 0 saturated heterocycles. The zero-order valence-electron chi connectivity index (χ0n) is 12.5. The Bertz CT molecular complexity index is 668. The quantitative estimate of drug-likeness (QED) is 0.937. The van der Waals surface area contributed by atoms with Crippen molar-refractivity contribution >= 4 is 5.82 Å². The summed E-state index contributed by atoms with van der Waals surface area (Å²) in [6, 6.07) is 2.48. The van der Waals surface area contributed by atoms with Gasteiger partial charge in [0, 0.05) is 36.1 Å². The van der Waals surface area contributed by atoms with Crippen LogP contribution in [0.15, 0.2) is 24.7 Å². The predicted octanol–water partition coefficient (Wildman–Crippen LogP) is 3.42. The number of alkyl halides is 3. The van der Waals surface area contributed by atoms with E-state index in [0.717, 1.165) is 49.5 Å². The highest BCUT2D eigenvalue weighted by Crippen LogP contribution is 2.28. The van der Waals surface area contributed by atoms with Crippen LogP contribution in [0.25, 0.3) is 0 Å². The second-order valence-corrected chi connectivity index (χ2v) is 5.57. The van der Waals surface area contributed by atoms with Crippen LogP contribution < -0.4 is 5.32 Å². The van der Waals surface area contributed by atoms with Crippen molar-refractivity contribution in [3.8, 4) is 0 Å². The van der Waals surface area contributed by atoms with Crippen LogP contribution in [0.2, 0.25) is 0 Å². The molecule has 7 heteroatoms. The van der Waals surface area contributed by atoms with Gasteiger partial charge in [0.1, 0.15) is 12.1 Å². The van der Waals surface area contributed by atoms with Gasteiger partial charge in [0.15, 0.2) is 0 Å². The Morgan fingerprint density at radius 1 is 1.04 bits per heavy atom. The molecule has 0 radical (unpaired) electrons. The molecule has 0 aliphatic heterocycles. The SMILES string of the molecule is FC(F)(F)c1ccc(CCNc2ncnc3c2CCCC3)nc1. The maximum atomic E-state index is 12.5. The van der Waals surface area contributed by atoms with Gasteiger partial charge in [0.05, 0.1) is 5.56 Å². The molecule has 2 aromatic heterocycles. The first-order valence-electron chi connectivity index (χ1n) is 7.63. The summed E-state index contributed by atoms with van der Waals surface area (Å²) in [6.07, 6.45) is 2.87. The van der Waals surface area contributed by atoms with Gasteiger partial charge < -0.3 is 5.32 Å². The minimum absolute atomic E-state index is 0.539. The maximum Gasteiger partial charge on any atom is 0.417 e. The Morgan fingerprint density at radius 3 is 2.61 bits per heavy atom. The number of anilines is 1. The first kappa shape index (κ1) is 15.7. The molecule has 1 aliphatic rings. The van der Waals surface area contributed by atoms with Crippen LogP contribution >= 0.6 is 0 Å². The lowest BCUT2D eigenvalue weighted by Gasteiger charge is -2.18. The van der Waals surface area contributed by atoms with Crippen molar-refractivity contribution in [3.63, 3.8) is 0 Å². The lowest BCUT2D eigenvalue weighted by Crippen LogP contribution is -2.14. The standard InChI is InChI=1S/C16H17F3N4/c17-16(18,19)11-5-6-12(21-9-11)7-8-20-15-13-3-1-2-4-14(13)22-10-23-15/h5-6,9-10H,1-4,7-8H2,(H,20,22,23). The molecule has 4 nitrogen and oxygen atoms in total. The lowest BCUT2D eigenvalue weighted by atomic mass is 9.96. The first-order chi connectivity index (χ1) is 11.0. The van der Waals surface area contributed by atoms with Crippen LogP contribution in [-0.2, 0) is 25.4 Å². The van der Waals surface area contributed by atoms with Crippen molar-refractivity contribution in [2.24, 2.45) is 0 Å². The van der Waals surface area contributed by atoms with E-state index in [1.165, 1.54) is 11.6 Å². The van der Waals surface area contributed by atoms with Gasteiger partial charge in [-0.25, -0.2) is 9.97 Å². The van der Waals surface area contributed by atoms with Crippen molar-refractivity contribution in [3.05, 3.63) is 47.2 Å². The number of nitrogens with zero attached hydrogens (tertiary/aromatic N) is 3. The van der Waals surface area contributed by atoms with Gasteiger partial charge in [-0.3, -0.25) is 4.98 Å². The number of hydrogen-bond acceptors (Lipinski definition) is 4. The Morgan fingerprint density at radius 2 is 1.87 bits per heavy atom. The molecule has 0 saturated carbocycles. The van der Waals surface area contributed by atoms with Crippen LogP contribution in [-0.4, -0.2) is 21.5 Å². The van der Waals surface area contributed by atoms with Gasteiger partial charge in [-0.15, -0.1) is 0 Å². The number of fused-ring (bicyclic) bond motifs is 1. The van der Waals surface area contributed by atoms with Gasteiger partial charge in [-0.2, -0.15) is 13.2 Å². The van der Waals surface area contributed by atoms with E-state index in [4.69, 9.17) is 0 Å². The van der Waals surface area contributed by atoms with E-state index in [0.29, 0.717) is 18.7 Å². The lowest BCUT2D eigenvalue weighted by molar-refractivity contribution is -0.137. The summed E-state index contributed by atoms with van der Waals surface area (Å²) in [5.41, 5.74) is 2.16. The molecule has 3 rings (SSSR count). The number of pyridine rings is 1. The third kappa shape index (κ3) is 3.78. The molecule has 0 atom stereocenters. The fraction of sp³-hybridized carbons (Fsp3) is 0.438. The molecule has 0 aromatic carbocycles. The summed E-state index contributed by atoms with van der Waals surface area (Å²) in [4.78, 5) is 12.5. The van der Waals surface area contributed by atoms with Crippen LogP contribution in [0.4, 0.5) is 19.0 Å². The summed E-state index contributed by atoms with van der Waals surface area (Å²) in [6.45, 7) is 0.571.